The first kappa shape index (κ1) is 18.3. The molecule has 138 valence electrons. The van der Waals surface area contributed by atoms with E-state index >= 15 is 0 Å². The zero-order valence-electron chi connectivity index (χ0n) is 15.6. The van der Waals surface area contributed by atoms with Crippen LogP contribution >= 0.6 is 0 Å². The van der Waals surface area contributed by atoms with Gasteiger partial charge in [0.15, 0.2) is 8.32 Å². The van der Waals surface area contributed by atoms with Gasteiger partial charge in [-0.1, -0.05) is 20.8 Å². The van der Waals surface area contributed by atoms with Crippen molar-refractivity contribution >= 4 is 25.2 Å². The summed E-state index contributed by atoms with van der Waals surface area (Å²) < 4.78 is 14.2. The van der Waals surface area contributed by atoms with Crippen molar-refractivity contribution < 1.29 is 14.3 Å². The third-order valence-electron chi connectivity index (χ3n) is 5.47. The number of nitrogens with zero attached hydrogens (tertiary/aromatic N) is 3. The molecule has 0 unspecified atom stereocenters. The maximum atomic E-state index is 10.4. The molecule has 2 aromatic heterocycles. The van der Waals surface area contributed by atoms with E-state index < -0.39 is 14.4 Å². The maximum Gasteiger partial charge on any atom is 0.192 e. The second-order valence-electron chi connectivity index (χ2n) is 8.22. The number of hydrogen-bond donors (Lipinski definition) is 2. The van der Waals surface area contributed by atoms with E-state index in [-0.39, 0.29) is 17.4 Å². The van der Waals surface area contributed by atoms with Gasteiger partial charge in [0.1, 0.15) is 30.1 Å². The lowest BCUT2D eigenvalue weighted by molar-refractivity contribution is -0.0403. The molecule has 3 N–H and O–H groups in total. The fourth-order valence-electron chi connectivity index (χ4n) is 2.77. The second-order valence-corrected chi connectivity index (χ2v) is 13.0. The molecular formula is C17H28N4O3Si. The van der Waals surface area contributed by atoms with Crippen LogP contribution in [0.2, 0.25) is 18.1 Å². The average Bonchev–Trinajstić information content (AvgIpc) is 3.08. The summed E-state index contributed by atoms with van der Waals surface area (Å²) in [7, 11) is -1.88. The van der Waals surface area contributed by atoms with Crippen molar-refractivity contribution in [1.82, 2.24) is 14.5 Å². The zero-order chi connectivity index (χ0) is 18.4. The van der Waals surface area contributed by atoms with E-state index in [4.69, 9.17) is 14.9 Å². The number of aliphatic hydroxyl groups is 1. The Morgan fingerprint density at radius 3 is 2.80 bits per heavy atom. The molecule has 0 amide bonds. The number of aromatic nitrogens is 3. The van der Waals surface area contributed by atoms with Crippen molar-refractivity contribution in [3.63, 3.8) is 0 Å². The summed E-state index contributed by atoms with van der Waals surface area (Å²) in [5.74, 6) is 0.445. The van der Waals surface area contributed by atoms with Crippen LogP contribution in [-0.2, 0) is 9.16 Å². The van der Waals surface area contributed by atoms with Crippen LogP contribution in [0.4, 0.5) is 5.82 Å². The Kier molecular flexibility index (Phi) is 4.65. The van der Waals surface area contributed by atoms with Gasteiger partial charge in [-0.15, -0.1) is 0 Å². The molecule has 3 heterocycles. The van der Waals surface area contributed by atoms with Gasteiger partial charge in [0, 0.05) is 12.6 Å². The van der Waals surface area contributed by atoms with E-state index in [1.165, 1.54) is 6.33 Å². The van der Waals surface area contributed by atoms with Crippen molar-refractivity contribution in [2.45, 2.75) is 63.8 Å². The fraction of sp³-hybridized carbons (Fsp3) is 0.647. The number of nitrogen functional groups attached to an aromatic ring is 1. The van der Waals surface area contributed by atoms with Gasteiger partial charge < -0.3 is 24.6 Å². The van der Waals surface area contributed by atoms with Crippen molar-refractivity contribution in [3.8, 4) is 0 Å². The van der Waals surface area contributed by atoms with Gasteiger partial charge in [0.25, 0.3) is 0 Å². The fourth-order valence-corrected chi connectivity index (χ4v) is 3.78. The van der Waals surface area contributed by atoms with Crippen molar-refractivity contribution in [2.75, 3.05) is 12.3 Å². The topological polar surface area (TPSA) is 95.4 Å². The molecule has 0 aromatic carbocycles. The van der Waals surface area contributed by atoms with E-state index in [1.54, 1.807) is 0 Å². The normalized spacial score (nSPS) is 25.0. The largest absolute Gasteiger partial charge is 0.414 e. The Morgan fingerprint density at radius 2 is 2.12 bits per heavy atom. The zero-order valence-corrected chi connectivity index (χ0v) is 16.6. The predicted octanol–water partition coefficient (Wildman–Crippen LogP) is 2.68. The molecule has 0 spiro atoms. The van der Waals surface area contributed by atoms with Gasteiger partial charge >= 0.3 is 0 Å². The molecule has 1 aliphatic rings. The number of anilines is 1. The first-order valence-corrected chi connectivity index (χ1v) is 11.6. The summed E-state index contributed by atoms with van der Waals surface area (Å²) in [5, 5.41) is 11.3. The number of nitrogens with two attached hydrogens (primary N) is 1. The number of fused-ring (bicyclic) bond motifs is 1. The Hall–Kier alpha value is -1.48. The molecule has 3 atom stereocenters. The Bertz CT molecular complexity index is 756. The molecule has 8 heteroatoms. The van der Waals surface area contributed by atoms with Crippen molar-refractivity contribution in [1.29, 1.82) is 0 Å². The minimum absolute atomic E-state index is 0.126. The van der Waals surface area contributed by atoms with Crippen LogP contribution in [-0.4, -0.2) is 46.8 Å². The lowest BCUT2D eigenvalue weighted by Crippen LogP contribution is -2.43. The van der Waals surface area contributed by atoms with Gasteiger partial charge in [-0.2, -0.15) is 0 Å². The monoisotopic (exact) mass is 364 g/mol. The minimum Gasteiger partial charge on any atom is -0.414 e. The first-order chi connectivity index (χ1) is 11.6. The maximum absolute atomic E-state index is 10.4. The summed E-state index contributed by atoms with van der Waals surface area (Å²) in [6.07, 6.45) is 2.64. The van der Waals surface area contributed by atoms with E-state index in [0.717, 1.165) is 11.0 Å². The summed E-state index contributed by atoms with van der Waals surface area (Å²) in [6, 6.07) is 1.87. The molecule has 7 nitrogen and oxygen atoms in total. The molecular weight excluding hydrogens is 336 g/mol. The quantitative estimate of drug-likeness (QED) is 0.810. The SMILES string of the molecule is CC(C)(C)[Si](C)(C)OC[C@H]1O[C@@H](n2ccc3c(N)ncnc32)C[C@@H]1O. The van der Waals surface area contributed by atoms with E-state index in [0.29, 0.717) is 18.8 Å². The first-order valence-electron chi connectivity index (χ1n) is 8.64. The molecule has 0 saturated carbocycles. The van der Waals surface area contributed by atoms with Crippen LogP contribution in [0.5, 0.6) is 0 Å². The molecule has 2 aromatic rings. The van der Waals surface area contributed by atoms with E-state index in [2.05, 4.69) is 43.8 Å². The second kappa shape index (κ2) is 6.35. The minimum atomic E-state index is -1.88. The van der Waals surface area contributed by atoms with Crippen LogP contribution in [0.1, 0.15) is 33.4 Å². The highest BCUT2D eigenvalue weighted by molar-refractivity contribution is 6.74. The third-order valence-corrected chi connectivity index (χ3v) is 9.97. The van der Waals surface area contributed by atoms with Crippen molar-refractivity contribution in [2.24, 2.45) is 0 Å². The van der Waals surface area contributed by atoms with Crippen LogP contribution in [0, 0.1) is 0 Å². The highest BCUT2D eigenvalue weighted by atomic mass is 28.4. The Labute approximate surface area is 149 Å². The number of ether oxygens (including phenoxy) is 1. The summed E-state index contributed by atoms with van der Waals surface area (Å²) in [6.45, 7) is 11.4. The van der Waals surface area contributed by atoms with E-state index in [9.17, 15) is 5.11 Å². The van der Waals surface area contributed by atoms with Crippen LogP contribution < -0.4 is 5.73 Å². The Morgan fingerprint density at radius 1 is 1.40 bits per heavy atom. The van der Waals surface area contributed by atoms with Gasteiger partial charge in [-0.05, 0) is 24.2 Å². The van der Waals surface area contributed by atoms with Crippen LogP contribution in [0.25, 0.3) is 11.0 Å². The smallest absolute Gasteiger partial charge is 0.192 e. The van der Waals surface area contributed by atoms with Gasteiger partial charge in [-0.3, -0.25) is 0 Å². The van der Waals surface area contributed by atoms with Gasteiger partial charge in [0.05, 0.1) is 18.1 Å². The Balaban J connectivity index is 1.72. The van der Waals surface area contributed by atoms with Gasteiger partial charge in [0.2, 0.25) is 0 Å². The molecule has 3 rings (SSSR count). The molecule has 1 aliphatic heterocycles. The summed E-state index contributed by atoms with van der Waals surface area (Å²) in [5.41, 5.74) is 6.61. The molecule has 0 aliphatic carbocycles. The predicted molar refractivity (Wildman–Crippen MR) is 99.6 cm³/mol. The molecule has 1 fully saturated rings. The number of rotatable bonds is 4. The molecule has 0 bridgehead atoms. The van der Waals surface area contributed by atoms with Crippen LogP contribution in [0.3, 0.4) is 0 Å². The van der Waals surface area contributed by atoms with E-state index in [1.807, 2.05) is 16.8 Å². The lowest BCUT2D eigenvalue weighted by atomic mass is 10.2. The highest BCUT2D eigenvalue weighted by Gasteiger charge is 2.41. The lowest BCUT2D eigenvalue weighted by Gasteiger charge is -2.37. The van der Waals surface area contributed by atoms with Crippen molar-refractivity contribution in [3.05, 3.63) is 18.6 Å². The molecule has 0 radical (unpaired) electrons. The third kappa shape index (κ3) is 3.44. The van der Waals surface area contributed by atoms with Gasteiger partial charge in [-0.25, -0.2) is 9.97 Å². The average molecular weight is 365 g/mol. The standard InChI is InChI=1S/C17H28N4O3Si/c1-17(2,3)25(4,5)23-9-13-12(22)8-14(24-13)21-7-6-11-15(18)19-10-20-16(11)21/h6-7,10,12-14,22H,8-9H2,1-5H3,(H2,18,19,20)/t12-,13+,14+/m0/s1. The summed E-state index contributed by atoms with van der Waals surface area (Å²) in [4.78, 5) is 8.30. The number of hydrogen-bond acceptors (Lipinski definition) is 6. The highest BCUT2D eigenvalue weighted by Crippen LogP contribution is 2.38. The number of aliphatic hydroxyl groups excluding tert-OH is 1. The molecule has 1 saturated heterocycles. The molecule has 25 heavy (non-hydrogen) atoms. The summed E-state index contributed by atoms with van der Waals surface area (Å²) >= 11 is 0. The van der Waals surface area contributed by atoms with Crippen LogP contribution in [0.15, 0.2) is 18.6 Å².